The van der Waals surface area contributed by atoms with Crippen LogP contribution in [0.15, 0.2) is 30.3 Å². The molecule has 5 nitrogen and oxygen atoms in total. The predicted molar refractivity (Wildman–Crippen MR) is 93.8 cm³/mol. The molecule has 0 unspecified atom stereocenters. The van der Waals surface area contributed by atoms with Crippen LogP contribution in [-0.2, 0) is 20.9 Å². The first-order chi connectivity index (χ1) is 11.2. The van der Waals surface area contributed by atoms with E-state index in [9.17, 15) is 9.59 Å². The first kappa shape index (κ1) is 20.2. The lowest BCUT2D eigenvalue weighted by Gasteiger charge is -2.31. The predicted octanol–water partition coefficient (Wildman–Crippen LogP) is 3.81. The average molecular weight is 335 g/mol. The van der Waals surface area contributed by atoms with Crippen LogP contribution in [0.1, 0.15) is 46.6 Å². The van der Waals surface area contributed by atoms with Gasteiger partial charge in [0.1, 0.15) is 12.6 Å². The highest BCUT2D eigenvalue weighted by molar-refractivity contribution is 5.85. The molecule has 1 atom stereocenters. The molecule has 0 heterocycles. The van der Waals surface area contributed by atoms with Crippen molar-refractivity contribution in [2.24, 2.45) is 0 Å². The first-order valence-electron chi connectivity index (χ1n) is 8.36. The molecule has 1 aromatic rings. The molecular weight excluding hydrogens is 306 g/mol. The summed E-state index contributed by atoms with van der Waals surface area (Å²) < 4.78 is 11.1. The summed E-state index contributed by atoms with van der Waals surface area (Å²) in [5.41, 5.74) is 0.534. The Hall–Kier alpha value is -1.88. The highest BCUT2D eigenvalue weighted by atomic mass is 16.6. The maximum absolute atomic E-state index is 12.5. The van der Waals surface area contributed by atoms with E-state index in [4.69, 9.17) is 9.47 Å². The van der Waals surface area contributed by atoms with Gasteiger partial charge in [0.15, 0.2) is 5.78 Å². The van der Waals surface area contributed by atoms with Crippen molar-refractivity contribution in [3.8, 4) is 0 Å². The fraction of sp³-hybridized carbons (Fsp3) is 0.579. The fourth-order valence-electron chi connectivity index (χ4n) is 2.17. The van der Waals surface area contributed by atoms with Gasteiger partial charge in [-0.05, 0) is 39.7 Å². The van der Waals surface area contributed by atoms with Gasteiger partial charge in [-0.25, -0.2) is 4.79 Å². The van der Waals surface area contributed by atoms with Crippen LogP contribution < -0.4 is 0 Å². The maximum atomic E-state index is 12.5. The van der Waals surface area contributed by atoms with Crippen LogP contribution in [0.25, 0.3) is 0 Å². The maximum Gasteiger partial charge on any atom is 0.410 e. The van der Waals surface area contributed by atoms with E-state index in [-0.39, 0.29) is 24.6 Å². The van der Waals surface area contributed by atoms with Gasteiger partial charge in [0.25, 0.3) is 0 Å². The van der Waals surface area contributed by atoms with E-state index in [0.717, 1.165) is 12.0 Å². The van der Waals surface area contributed by atoms with Crippen molar-refractivity contribution in [2.75, 3.05) is 13.2 Å². The molecule has 134 valence electrons. The standard InChI is InChI=1S/C19H29NO4/c1-6-12-20(17(15(2)21)14-24-19(3,4)5)18(22)23-13-16-10-8-7-9-11-16/h7-11,17H,6,12-14H2,1-5H3/t17-/m1/s1. The third-order valence-electron chi connectivity index (χ3n) is 3.42. The molecule has 24 heavy (non-hydrogen) atoms. The number of carbonyl (C=O) groups is 2. The van der Waals surface area contributed by atoms with Gasteiger partial charge in [0, 0.05) is 6.54 Å². The Bertz CT molecular complexity index is 522. The molecule has 1 aromatic carbocycles. The quantitative estimate of drug-likeness (QED) is 0.725. The molecule has 0 saturated heterocycles. The van der Waals surface area contributed by atoms with E-state index in [1.165, 1.54) is 11.8 Å². The summed E-state index contributed by atoms with van der Waals surface area (Å²) in [6.45, 7) is 9.99. The van der Waals surface area contributed by atoms with Crippen LogP contribution >= 0.6 is 0 Å². The van der Waals surface area contributed by atoms with Crippen LogP contribution in [0.5, 0.6) is 0 Å². The third-order valence-corrected chi connectivity index (χ3v) is 3.42. The van der Waals surface area contributed by atoms with E-state index in [1.807, 2.05) is 58.0 Å². The van der Waals surface area contributed by atoms with Gasteiger partial charge in [-0.3, -0.25) is 9.69 Å². The molecule has 0 fully saturated rings. The summed E-state index contributed by atoms with van der Waals surface area (Å²) in [6.07, 6.45) is 0.248. The van der Waals surface area contributed by atoms with E-state index >= 15 is 0 Å². The normalized spacial score (nSPS) is 12.5. The summed E-state index contributed by atoms with van der Waals surface area (Å²) in [7, 11) is 0. The minimum absolute atomic E-state index is 0.107. The minimum Gasteiger partial charge on any atom is -0.445 e. The average Bonchev–Trinajstić information content (AvgIpc) is 2.51. The zero-order valence-electron chi connectivity index (χ0n) is 15.4. The number of nitrogens with zero attached hydrogens (tertiary/aromatic N) is 1. The highest BCUT2D eigenvalue weighted by Crippen LogP contribution is 2.13. The summed E-state index contributed by atoms with van der Waals surface area (Å²) >= 11 is 0. The lowest BCUT2D eigenvalue weighted by atomic mass is 10.1. The van der Waals surface area contributed by atoms with Gasteiger partial charge in [-0.1, -0.05) is 37.3 Å². The molecule has 0 bridgehead atoms. The molecule has 0 saturated carbocycles. The fourth-order valence-corrected chi connectivity index (χ4v) is 2.17. The minimum atomic E-state index is -0.632. The Morgan fingerprint density at radius 3 is 2.29 bits per heavy atom. The number of Topliss-reactive ketones (excluding diaryl/α,β-unsaturated/α-hetero) is 1. The van der Waals surface area contributed by atoms with Crippen LogP contribution in [0.4, 0.5) is 4.79 Å². The van der Waals surface area contributed by atoms with Crippen LogP contribution in [-0.4, -0.2) is 41.6 Å². The highest BCUT2D eigenvalue weighted by Gasteiger charge is 2.29. The second kappa shape index (κ2) is 9.42. The van der Waals surface area contributed by atoms with Gasteiger partial charge in [0.2, 0.25) is 0 Å². The number of benzene rings is 1. The SMILES string of the molecule is CCCN(C(=O)OCc1ccccc1)[C@H](COC(C)(C)C)C(C)=O. The van der Waals surface area contributed by atoms with Crippen LogP contribution in [0.3, 0.4) is 0 Å². The second-order valence-electron chi connectivity index (χ2n) is 6.78. The molecule has 0 radical (unpaired) electrons. The van der Waals surface area contributed by atoms with Crippen molar-refractivity contribution in [1.82, 2.24) is 4.90 Å². The Balaban J connectivity index is 2.76. The Kier molecular flexibility index (Phi) is 7.92. The number of hydrogen-bond donors (Lipinski definition) is 0. The smallest absolute Gasteiger partial charge is 0.410 e. The van der Waals surface area contributed by atoms with Crippen LogP contribution in [0, 0.1) is 0 Å². The first-order valence-corrected chi connectivity index (χ1v) is 8.36. The van der Waals surface area contributed by atoms with Gasteiger partial charge in [0.05, 0.1) is 12.2 Å². The molecule has 0 aliphatic carbocycles. The Labute approximate surface area is 144 Å². The van der Waals surface area contributed by atoms with Crippen molar-refractivity contribution in [3.63, 3.8) is 0 Å². The number of ether oxygens (including phenoxy) is 2. The summed E-state index contributed by atoms with van der Waals surface area (Å²) in [4.78, 5) is 26.0. The topological polar surface area (TPSA) is 55.8 Å². The molecular formula is C19H29NO4. The summed E-state index contributed by atoms with van der Waals surface area (Å²) in [5.74, 6) is -0.107. The third kappa shape index (κ3) is 7.13. The lowest BCUT2D eigenvalue weighted by molar-refractivity contribution is -0.126. The molecule has 1 rings (SSSR count). The molecule has 0 N–H and O–H groups in total. The van der Waals surface area contributed by atoms with Gasteiger partial charge >= 0.3 is 6.09 Å². The zero-order chi connectivity index (χ0) is 18.2. The van der Waals surface area contributed by atoms with E-state index in [1.54, 1.807) is 0 Å². The number of ketones is 1. The van der Waals surface area contributed by atoms with Crippen LogP contribution in [0.2, 0.25) is 0 Å². The molecule has 5 heteroatoms. The second-order valence-corrected chi connectivity index (χ2v) is 6.78. The molecule has 1 amide bonds. The Morgan fingerprint density at radius 1 is 1.17 bits per heavy atom. The summed E-state index contributed by atoms with van der Waals surface area (Å²) in [5, 5.41) is 0. The molecule has 0 aromatic heterocycles. The van der Waals surface area contributed by atoms with Crippen molar-refractivity contribution < 1.29 is 19.1 Å². The number of carbonyl (C=O) groups excluding carboxylic acids is 2. The molecule has 0 spiro atoms. The largest absolute Gasteiger partial charge is 0.445 e. The zero-order valence-corrected chi connectivity index (χ0v) is 15.4. The van der Waals surface area contributed by atoms with Crippen molar-refractivity contribution in [3.05, 3.63) is 35.9 Å². The van der Waals surface area contributed by atoms with E-state index in [0.29, 0.717) is 6.54 Å². The lowest BCUT2D eigenvalue weighted by Crippen LogP contribution is -2.48. The van der Waals surface area contributed by atoms with Crippen molar-refractivity contribution in [2.45, 2.75) is 59.3 Å². The van der Waals surface area contributed by atoms with E-state index < -0.39 is 12.1 Å². The monoisotopic (exact) mass is 335 g/mol. The number of amides is 1. The van der Waals surface area contributed by atoms with Crippen molar-refractivity contribution >= 4 is 11.9 Å². The van der Waals surface area contributed by atoms with Gasteiger partial charge in [-0.2, -0.15) is 0 Å². The number of rotatable bonds is 8. The molecule has 0 aliphatic rings. The summed E-state index contributed by atoms with van der Waals surface area (Å²) in [6, 6.07) is 8.84. The van der Waals surface area contributed by atoms with E-state index in [2.05, 4.69) is 0 Å². The van der Waals surface area contributed by atoms with Gasteiger partial charge in [-0.15, -0.1) is 0 Å². The van der Waals surface area contributed by atoms with Gasteiger partial charge < -0.3 is 9.47 Å². The number of hydrogen-bond acceptors (Lipinski definition) is 4. The molecule has 0 aliphatic heterocycles. The van der Waals surface area contributed by atoms with Crippen molar-refractivity contribution in [1.29, 1.82) is 0 Å². The Morgan fingerprint density at radius 2 is 1.79 bits per heavy atom.